The van der Waals surface area contributed by atoms with Crippen molar-refractivity contribution < 1.29 is 15.0 Å². The molecule has 216 valence electrons. The third kappa shape index (κ3) is 5.86. The van der Waals surface area contributed by atoms with Gasteiger partial charge in [0, 0.05) is 34.7 Å². The number of nitrogens with zero attached hydrogens (tertiary/aromatic N) is 3. The maximum Gasteiger partial charge on any atom is 0.220 e. The van der Waals surface area contributed by atoms with Crippen molar-refractivity contribution in [3.8, 4) is 11.5 Å². The standard InChI is InChI=1S/C30H39N5O3.C2H6/c1-7-9-10-24-33-26-27(35(24)17-18-15-20(36)12-14-23(18)37)21-13-11-19(16-22(21)32-28(26)31)29(3,4)30(5,6)34-25(38)8-2;1-2/h11-16,36-37H,7-10,17H2,1-6H3,(H2,31,32)(H,34,38);1-2H3. The van der Waals surface area contributed by atoms with Crippen molar-refractivity contribution in [2.45, 2.75) is 98.6 Å². The first-order chi connectivity index (χ1) is 18.9. The number of unbranched alkanes of at least 4 members (excludes halogenated alkanes) is 1. The molecule has 0 aliphatic rings. The van der Waals surface area contributed by atoms with Crippen LogP contribution in [0.25, 0.3) is 21.9 Å². The molecule has 1 amide bonds. The van der Waals surface area contributed by atoms with Crippen LogP contribution in [0.5, 0.6) is 11.5 Å². The monoisotopic (exact) mass is 547 g/mol. The van der Waals surface area contributed by atoms with Crippen LogP contribution in [0.1, 0.15) is 91.6 Å². The van der Waals surface area contributed by atoms with Crippen LogP contribution in [0.15, 0.2) is 36.4 Å². The summed E-state index contributed by atoms with van der Waals surface area (Å²) in [6, 6.07) is 10.7. The molecule has 8 nitrogen and oxygen atoms in total. The number of fused-ring (bicyclic) bond motifs is 3. The lowest BCUT2D eigenvalue weighted by Gasteiger charge is -2.43. The highest BCUT2D eigenvalue weighted by Gasteiger charge is 2.39. The Balaban J connectivity index is 0.00000216. The SMILES string of the molecule is CC.CCCCc1nc2c(N)nc3cc(C(C)(C)C(C)(C)NC(=O)CC)ccc3c2n1Cc1cc(O)ccc1O. The summed E-state index contributed by atoms with van der Waals surface area (Å²) in [5.41, 5.74) is 9.40. The third-order valence-electron chi connectivity index (χ3n) is 7.99. The van der Waals surface area contributed by atoms with Gasteiger partial charge in [-0.15, -0.1) is 0 Å². The minimum Gasteiger partial charge on any atom is -0.508 e. The van der Waals surface area contributed by atoms with Crippen molar-refractivity contribution in [1.29, 1.82) is 0 Å². The number of anilines is 1. The molecule has 5 N–H and O–H groups in total. The number of aryl methyl sites for hydroxylation is 1. The van der Waals surface area contributed by atoms with Gasteiger partial charge in [0.1, 0.15) is 22.8 Å². The summed E-state index contributed by atoms with van der Waals surface area (Å²) in [4.78, 5) is 21.9. The van der Waals surface area contributed by atoms with Gasteiger partial charge in [0.2, 0.25) is 5.91 Å². The summed E-state index contributed by atoms with van der Waals surface area (Å²) in [5.74, 6) is 1.41. The first kappa shape index (κ1) is 30.7. The number of nitrogens with two attached hydrogens (primary N) is 1. The van der Waals surface area contributed by atoms with E-state index in [0.717, 1.165) is 47.1 Å². The molecule has 0 aliphatic heterocycles. The number of carbonyl (C=O) groups is 1. The van der Waals surface area contributed by atoms with E-state index in [0.29, 0.717) is 29.9 Å². The van der Waals surface area contributed by atoms with Crippen molar-refractivity contribution >= 4 is 33.7 Å². The van der Waals surface area contributed by atoms with Crippen LogP contribution in [-0.2, 0) is 23.2 Å². The Labute approximate surface area is 237 Å². The first-order valence-electron chi connectivity index (χ1n) is 14.3. The quantitative estimate of drug-likeness (QED) is 0.175. The van der Waals surface area contributed by atoms with E-state index in [2.05, 4.69) is 36.7 Å². The molecule has 0 saturated carbocycles. The Morgan fingerprint density at radius 3 is 2.38 bits per heavy atom. The molecule has 0 aliphatic carbocycles. The van der Waals surface area contributed by atoms with Gasteiger partial charge in [-0.3, -0.25) is 4.79 Å². The van der Waals surface area contributed by atoms with E-state index in [1.807, 2.05) is 46.8 Å². The number of hydrogen-bond donors (Lipinski definition) is 4. The van der Waals surface area contributed by atoms with E-state index in [4.69, 9.17) is 15.7 Å². The second kappa shape index (κ2) is 12.1. The lowest BCUT2D eigenvalue weighted by Crippen LogP contribution is -2.55. The maximum atomic E-state index is 12.2. The molecule has 2 heterocycles. The molecule has 40 heavy (non-hydrogen) atoms. The zero-order valence-corrected chi connectivity index (χ0v) is 25.2. The molecule has 2 aromatic carbocycles. The molecular weight excluding hydrogens is 502 g/mol. The van der Waals surface area contributed by atoms with Gasteiger partial charge in [-0.1, -0.05) is 60.1 Å². The van der Waals surface area contributed by atoms with Crippen LogP contribution in [0.3, 0.4) is 0 Å². The second-order valence-electron chi connectivity index (χ2n) is 11.1. The molecule has 0 atom stereocenters. The smallest absolute Gasteiger partial charge is 0.220 e. The lowest BCUT2D eigenvalue weighted by atomic mass is 9.69. The highest BCUT2D eigenvalue weighted by molar-refractivity contribution is 6.06. The largest absolute Gasteiger partial charge is 0.508 e. The van der Waals surface area contributed by atoms with Crippen molar-refractivity contribution in [3.05, 3.63) is 53.3 Å². The molecule has 0 fully saturated rings. The number of aromatic hydroxyl groups is 2. The van der Waals surface area contributed by atoms with Gasteiger partial charge in [-0.25, -0.2) is 9.97 Å². The molecule has 0 radical (unpaired) electrons. The number of nitrogen functional groups attached to an aromatic ring is 1. The van der Waals surface area contributed by atoms with E-state index >= 15 is 0 Å². The second-order valence-corrected chi connectivity index (χ2v) is 11.1. The number of amides is 1. The van der Waals surface area contributed by atoms with Crippen molar-refractivity contribution in [2.24, 2.45) is 0 Å². The summed E-state index contributed by atoms with van der Waals surface area (Å²) in [6.45, 7) is 16.6. The summed E-state index contributed by atoms with van der Waals surface area (Å²) in [5, 5.41) is 24.6. The number of phenolic OH excluding ortho intramolecular Hbond substituents is 2. The minimum atomic E-state index is -0.509. The van der Waals surface area contributed by atoms with Crippen LogP contribution in [0, 0.1) is 0 Å². The molecule has 0 spiro atoms. The zero-order chi connectivity index (χ0) is 29.8. The highest BCUT2D eigenvalue weighted by atomic mass is 16.3. The Kier molecular flexibility index (Phi) is 9.33. The van der Waals surface area contributed by atoms with Gasteiger partial charge < -0.3 is 25.8 Å². The molecule has 0 unspecified atom stereocenters. The molecule has 0 bridgehead atoms. The fourth-order valence-electron chi connectivity index (χ4n) is 4.87. The number of rotatable bonds is 9. The topological polar surface area (TPSA) is 126 Å². The van der Waals surface area contributed by atoms with Gasteiger partial charge in [-0.2, -0.15) is 0 Å². The number of benzene rings is 2. The first-order valence-corrected chi connectivity index (χ1v) is 14.3. The van der Waals surface area contributed by atoms with E-state index in [9.17, 15) is 15.0 Å². The number of hydrogen-bond acceptors (Lipinski definition) is 6. The number of imidazole rings is 1. The number of phenols is 2. The van der Waals surface area contributed by atoms with Crippen LogP contribution in [0.4, 0.5) is 5.82 Å². The van der Waals surface area contributed by atoms with E-state index in [1.54, 1.807) is 6.07 Å². The average Bonchev–Trinajstić information content (AvgIpc) is 3.28. The number of pyridine rings is 1. The van der Waals surface area contributed by atoms with E-state index in [1.165, 1.54) is 12.1 Å². The van der Waals surface area contributed by atoms with Gasteiger partial charge in [0.25, 0.3) is 0 Å². The maximum absolute atomic E-state index is 12.2. The number of aromatic nitrogens is 3. The Hall–Kier alpha value is -3.81. The van der Waals surface area contributed by atoms with Gasteiger partial charge in [0.15, 0.2) is 5.82 Å². The normalized spacial score (nSPS) is 11.9. The predicted molar refractivity (Wildman–Crippen MR) is 164 cm³/mol. The number of nitrogens with one attached hydrogen (secondary N) is 1. The Morgan fingerprint density at radius 2 is 1.73 bits per heavy atom. The molecule has 4 rings (SSSR count). The summed E-state index contributed by atoms with van der Waals surface area (Å²) >= 11 is 0. The zero-order valence-electron chi connectivity index (χ0n) is 25.2. The highest BCUT2D eigenvalue weighted by Crippen LogP contribution is 2.38. The summed E-state index contributed by atoms with van der Waals surface area (Å²) in [6.07, 6.45) is 3.14. The van der Waals surface area contributed by atoms with Gasteiger partial charge >= 0.3 is 0 Å². The third-order valence-corrected chi connectivity index (χ3v) is 7.99. The molecule has 2 aromatic heterocycles. The summed E-state index contributed by atoms with van der Waals surface area (Å²) < 4.78 is 2.08. The Bertz CT molecular complexity index is 1500. The minimum absolute atomic E-state index is 0.00616. The van der Waals surface area contributed by atoms with Gasteiger partial charge in [-0.05, 0) is 50.1 Å². The van der Waals surface area contributed by atoms with Gasteiger partial charge in [0.05, 0.1) is 17.6 Å². The predicted octanol–water partition coefficient (Wildman–Crippen LogP) is 6.58. The van der Waals surface area contributed by atoms with Crippen LogP contribution in [-0.4, -0.2) is 36.2 Å². The Morgan fingerprint density at radius 1 is 1.02 bits per heavy atom. The van der Waals surface area contributed by atoms with E-state index in [-0.39, 0.29) is 17.4 Å². The van der Waals surface area contributed by atoms with Crippen LogP contribution >= 0.6 is 0 Å². The van der Waals surface area contributed by atoms with Crippen LogP contribution in [0.2, 0.25) is 0 Å². The van der Waals surface area contributed by atoms with Crippen molar-refractivity contribution in [3.63, 3.8) is 0 Å². The molecular formula is C32H45N5O3. The van der Waals surface area contributed by atoms with Crippen molar-refractivity contribution in [1.82, 2.24) is 19.9 Å². The fraction of sp³-hybridized carbons (Fsp3) is 0.469. The molecule has 8 heteroatoms. The van der Waals surface area contributed by atoms with E-state index < -0.39 is 11.0 Å². The lowest BCUT2D eigenvalue weighted by molar-refractivity contribution is -0.123. The molecule has 0 saturated heterocycles. The molecule has 4 aromatic rings. The average molecular weight is 548 g/mol. The van der Waals surface area contributed by atoms with Crippen LogP contribution < -0.4 is 11.1 Å². The fourth-order valence-corrected chi connectivity index (χ4v) is 4.87. The number of carbonyl (C=O) groups excluding carboxylic acids is 1. The summed E-state index contributed by atoms with van der Waals surface area (Å²) in [7, 11) is 0. The van der Waals surface area contributed by atoms with Crippen molar-refractivity contribution in [2.75, 3.05) is 5.73 Å².